The summed E-state index contributed by atoms with van der Waals surface area (Å²) >= 11 is 12.0. The molecular weight excluding hydrogens is 399 g/mol. The molecule has 0 saturated heterocycles. The summed E-state index contributed by atoms with van der Waals surface area (Å²) in [6, 6.07) is 10.7. The van der Waals surface area contributed by atoms with E-state index in [1.807, 2.05) is 0 Å². The average Bonchev–Trinajstić information content (AvgIpc) is 2.99. The first kappa shape index (κ1) is 18.6. The quantitative estimate of drug-likeness (QED) is 0.644. The van der Waals surface area contributed by atoms with E-state index in [4.69, 9.17) is 27.9 Å². The number of imidazole rings is 1. The smallest absolute Gasteiger partial charge is 0.342 e. The standard InChI is InChI=1S/C17H14Cl2N2O4S/c1-25-14-4-6-15(7-5-14)26(23,24)21-9-8-20(17(21)22)11-12-2-3-13(18)10-16(12)19/h2-10H,11H2,1H3. The van der Waals surface area contributed by atoms with Gasteiger partial charge in [-0.3, -0.25) is 4.57 Å². The molecule has 0 saturated carbocycles. The van der Waals surface area contributed by atoms with Gasteiger partial charge < -0.3 is 4.74 Å². The van der Waals surface area contributed by atoms with Gasteiger partial charge in [0.2, 0.25) is 0 Å². The molecule has 0 amide bonds. The molecule has 0 aliphatic carbocycles. The van der Waals surface area contributed by atoms with Crippen molar-refractivity contribution in [2.75, 3.05) is 7.11 Å². The summed E-state index contributed by atoms with van der Waals surface area (Å²) in [7, 11) is -2.53. The first-order valence-corrected chi connectivity index (χ1v) is 9.64. The number of benzene rings is 2. The summed E-state index contributed by atoms with van der Waals surface area (Å²) in [5.41, 5.74) is -0.0374. The van der Waals surface area contributed by atoms with Crippen molar-refractivity contribution in [3.05, 3.63) is 81.0 Å². The summed E-state index contributed by atoms with van der Waals surface area (Å²) < 4.78 is 32.4. The third-order valence-electron chi connectivity index (χ3n) is 3.79. The van der Waals surface area contributed by atoms with E-state index in [-0.39, 0.29) is 11.4 Å². The van der Waals surface area contributed by atoms with Crippen LogP contribution in [-0.2, 0) is 16.6 Å². The first-order valence-electron chi connectivity index (χ1n) is 7.44. The molecule has 0 aliphatic rings. The SMILES string of the molecule is COc1ccc(S(=O)(=O)n2ccn(Cc3ccc(Cl)cc3Cl)c2=O)cc1. The highest BCUT2D eigenvalue weighted by Gasteiger charge is 2.20. The summed E-state index contributed by atoms with van der Waals surface area (Å²) in [5.74, 6) is 0.520. The predicted molar refractivity (Wildman–Crippen MR) is 99.8 cm³/mol. The van der Waals surface area contributed by atoms with E-state index in [1.165, 1.54) is 48.3 Å². The number of aromatic nitrogens is 2. The van der Waals surface area contributed by atoms with Crippen LogP contribution in [0, 0.1) is 0 Å². The molecule has 0 radical (unpaired) electrons. The van der Waals surface area contributed by atoms with Crippen molar-refractivity contribution in [2.24, 2.45) is 0 Å². The summed E-state index contributed by atoms with van der Waals surface area (Å²) in [6.45, 7) is 0.125. The topological polar surface area (TPSA) is 70.3 Å². The highest BCUT2D eigenvalue weighted by molar-refractivity contribution is 7.90. The Hall–Kier alpha value is -2.22. The molecule has 1 heterocycles. The van der Waals surface area contributed by atoms with Crippen molar-refractivity contribution in [1.82, 2.24) is 8.54 Å². The van der Waals surface area contributed by atoms with Crippen LogP contribution in [0.3, 0.4) is 0 Å². The van der Waals surface area contributed by atoms with Crippen LogP contribution in [0.1, 0.15) is 5.56 Å². The number of rotatable bonds is 5. The van der Waals surface area contributed by atoms with Crippen molar-refractivity contribution >= 4 is 33.2 Å². The molecule has 0 bridgehead atoms. The molecule has 0 unspecified atom stereocenters. The van der Waals surface area contributed by atoms with Gasteiger partial charge in [-0.25, -0.2) is 13.2 Å². The van der Waals surface area contributed by atoms with E-state index in [9.17, 15) is 13.2 Å². The third kappa shape index (κ3) is 3.51. The number of hydrogen-bond donors (Lipinski definition) is 0. The molecule has 0 N–H and O–H groups in total. The van der Waals surface area contributed by atoms with Crippen LogP contribution in [0.5, 0.6) is 5.75 Å². The Balaban J connectivity index is 1.96. The van der Waals surface area contributed by atoms with E-state index < -0.39 is 15.7 Å². The second kappa shape index (κ2) is 7.19. The Bertz CT molecular complexity index is 1100. The van der Waals surface area contributed by atoms with E-state index in [2.05, 4.69) is 0 Å². The van der Waals surface area contributed by atoms with E-state index in [1.54, 1.807) is 18.2 Å². The highest BCUT2D eigenvalue weighted by Crippen LogP contribution is 2.22. The fourth-order valence-electron chi connectivity index (χ4n) is 2.39. The highest BCUT2D eigenvalue weighted by atomic mass is 35.5. The average molecular weight is 413 g/mol. The van der Waals surface area contributed by atoms with E-state index in [0.29, 0.717) is 25.3 Å². The molecule has 2 aromatic carbocycles. The monoisotopic (exact) mass is 412 g/mol. The molecule has 3 aromatic rings. The van der Waals surface area contributed by atoms with Gasteiger partial charge in [-0.1, -0.05) is 29.3 Å². The summed E-state index contributed by atoms with van der Waals surface area (Å²) in [5, 5.41) is 0.876. The van der Waals surface area contributed by atoms with Gasteiger partial charge in [0.05, 0.1) is 18.6 Å². The molecule has 3 rings (SSSR count). The van der Waals surface area contributed by atoms with Crippen molar-refractivity contribution in [2.45, 2.75) is 11.4 Å². The second-order valence-corrected chi connectivity index (χ2v) is 8.08. The van der Waals surface area contributed by atoms with Gasteiger partial charge in [0.15, 0.2) is 0 Å². The Labute approximate surface area is 160 Å². The zero-order valence-electron chi connectivity index (χ0n) is 13.6. The minimum atomic E-state index is -4.01. The van der Waals surface area contributed by atoms with Gasteiger partial charge in [0.25, 0.3) is 10.0 Å². The largest absolute Gasteiger partial charge is 0.497 e. The molecular formula is C17H14Cl2N2O4S. The second-order valence-electron chi connectivity index (χ2n) is 5.42. The van der Waals surface area contributed by atoms with Crippen LogP contribution in [0.25, 0.3) is 0 Å². The van der Waals surface area contributed by atoms with Crippen molar-refractivity contribution in [3.63, 3.8) is 0 Å². The van der Waals surface area contributed by atoms with Crippen molar-refractivity contribution in [3.8, 4) is 5.75 Å². The van der Waals surface area contributed by atoms with Crippen LogP contribution >= 0.6 is 23.2 Å². The van der Waals surface area contributed by atoms with Crippen LogP contribution in [0.4, 0.5) is 0 Å². The Morgan fingerprint density at radius 3 is 2.35 bits per heavy atom. The molecule has 26 heavy (non-hydrogen) atoms. The Morgan fingerprint density at radius 2 is 1.73 bits per heavy atom. The minimum absolute atomic E-state index is 0.0114. The van der Waals surface area contributed by atoms with Gasteiger partial charge in [-0.05, 0) is 42.0 Å². The number of halogens is 2. The Kier molecular flexibility index (Phi) is 5.13. The number of ether oxygens (including phenoxy) is 1. The van der Waals surface area contributed by atoms with Crippen LogP contribution < -0.4 is 10.4 Å². The molecule has 1 aromatic heterocycles. The number of methoxy groups -OCH3 is 1. The van der Waals surface area contributed by atoms with Crippen molar-refractivity contribution in [1.29, 1.82) is 0 Å². The fourth-order valence-corrected chi connectivity index (χ4v) is 4.09. The molecule has 0 fully saturated rings. The fraction of sp³-hybridized carbons (Fsp3) is 0.118. The first-order chi connectivity index (χ1) is 12.3. The summed E-state index contributed by atoms with van der Waals surface area (Å²) in [4.78, 5) is 12.5. The molecule has 0 atom stereocenters. The van der Waals surface area contributed by atoms with Gasteiger partial charge in [-0.2, -0.15) is 3.97 Å². The molecule has 0 spiro atoms. The maximum absolute atomic E-state index is 12.7. The Morgan fingerprint density at radius 1 is 1.04 bits per heavy atom. The summed E-state index contributed by atoms with van der Waals surface area (Å²) in [6.07, 6.45) is 2.61. The molecule has 9 heteroatoms. The van der Waals surface area contributed by atoms with Crippen LogP contribution in [0.2, 0.25) is 10.0 Å². The van der Waals surface area contributed by atoms with Gasteiger partial charge >= 0.3 is 5.69 Å². The van der Waals surface area contributed by atoms with E-state index >= 15 is 0 Å². The lowest BCUT2D eigenvalue weighted by Crippen LogP contribution is -2.29. The maximum atomic E-state index is 12.7. The normalized spacial score (nSPS) is 11.5. The third-order valence-corrected chi connectivity index (χ3v) is 6.04. The zero-order chi connectivity index (χ0) is 18.9. The van der Waals surface area contributed by atoms with Gasteiger partial charge in [0.1, 0.15) is 5.75 Å². The van der Waals surface area contributed by atoms with E-state index in [0.717, 1.165) is 0 Å². The zero-order valence-corrected chi connectivity index (χ0v) is 15.9. The molecule has 6 nitrogen and oxygen atoms in total. The maximum Gasteiger partial charge on any atom is 0.342 e. The van der Waals surface area contributed by atoms with Crippen molar-refractivity contribution < 1.29 is 13.2 Å². The lowest BCUT2D eigenvalue weighted by Gasteiger charge is -2.07. The molecule has 136 valence electrons. The minimum Gasteiger partial charge on any atom is -0.497 e. The van der Waals surface area contributed by atoms with Crippen LogP contribution in [0.15, 0.2) is 64.5 Å². The predicted octanol–water partition coefficient (Wildman–Crippen LogP) is 3.25. The van der Waals surface area contributed by atoms with Gasteiger partial charge in [-0.15, -0.1) is 0 Å². The lowest BCUT2D eigenvalue weighted by atomic mass is 10.2. The van der Waals surface area contributed by atoms with Crippen LogP contribution in [-0.4, -0.2) is 24.1 Å². The molecule has 0 aliphatic heterocycles. The number of hydrogen-bond acceptors (Lipinski definition) is 4. The number of nitrogens with zero attached hydrogens (tertiary/aromatic N) is 2. The lowest BCUT2D eigenvalue weighted by molar-refractivity contribution is 0.414. The van der Waals surface area contributed by atoms with Gasteiger partial charge in [0, 0.05) is 22.4 Å².